The highest BCUT2D eigenvalue weighted by molar-refractivity contribution is 5.05. The van der Waals surface area contributed by atoms with E-state index in [1.54, 1.807) is 5.57 Å². The molecule has 1 aliphatic heterocycles. The van der Waals surface area contributed by atoms with Gasteiger partial charge in [0.2, 0.25) is 0 Å². The van der Waals surface area contributed by atoms with Crippen molar-refractivity contribution in [3.8, 4) is 0 Å². The van der Waals surface area contributed by atoms with Gasteiger partial charge in [0.1, 0.15) is 0 Å². The van der Waals surface area contributed by atoms with Gasteiger partial charge in [0, 0.05) is 19.1 Å². The van der Waals surface area contributed by atoms with Gasteiger partial charge in [-0.2, -0.15) is 0 Å². The first-order chi connectivity index (χ1) is 7.74. The second-order valence-corrected chi connectivity index (χ2v) is 5.05. The maximum absolute atomic E-state index is 3.47. The average molecular weight is 224 g/mol. The van der Waals surface area contributed by atoms with Crippen molar-refractivity contribution in [2.75, 3.05) is 26.2 Å². The predicted octanol–water partition coefficient (Wildman–Crippen LogP) is 2.81. The molecule has 1 N–H and O–H groups in total. The average Bonchev–Trinajstić information content (AvgIpc) is 2.28. The fourth-order valence-electron chi connectivity index (χ4n) is 2.32. The van der Waals surface area contributed by atoms with Crippen LogP contribution in [0.1, 0.15) is 46.5 Å². The molecule has 0 aromatic carbocycles. The molecule has 0 fully saturated rings. The molecule has 2 nitrogen and oxygen atoms in total. The van der Waals surface area contributed by atoms with Crippen LogP contribution in [0.4, 0.5) is 0 Å². The van der Waals surface area contributed by atoms with Gasteiger partial charge in [0.05, 0.1) is 0 Å². The van der Waals surface area contributed by atoms with Crippen LogP contribution in [-0.2, 0) is 0 Å². The topological polar surface area (TPSA) is 15.3 Å². The van der Waals surface area contributed by atoms with E-state index in [1.807, 2.05) is 0 Å². The Morgan fingerprint density at radius 2 is 2.25 bits per heavy atom. The van der Waals surface area contributed by atoms with E-state index >= 15 is 0 Å². The molecule has 0 bridgehead atoms. The molecule has 0 amide bonds. The molecule has 94 valence electrons. The van der Waals surface area contributed by atoms with Crippen LogP contribution in [0.15, 0.2) is 11.6 Å². The minimum Gasteiger partial charge on any atom is -0.317 e. The zero-order valence-electron chi connectivity index (χ0n) is 11.3. The zero-order chi connectivity index (χ0) is 11.8. The van der Waals surface area contributed by atoms with Crippen molar-refractivity contribution >= 4 is 0 Å². The Hall–Kier alpha value is -0.340. The Bertz CT molecular complexity index is 211. The van der Waals surface area contributed by atoms with Crippen LogP contribution in [-0.4, -0.2) is 37.1 Å². The lowest BCUT2D eigenvalue weighted by Gasteiger charge is -2.32. The van der Waals surface area contributed by atoms with Gasteiger partial charge < -0.3 is 5.32 Å². The second-order valence-electron chi connectivity index (χ2n) is 5.05. The molecule has 1 rings (SSSR count). The Labute approximate surface area is 101 Å². The maximum atomic E-state index is 3.47. The lowest BCUT2D eigenvalue weighted by Crippen LogP contribution is -2.37. The second kappa shape index (κ2) is 7.86. The lowest BCUT2D eigenvalue weighted by molar-refractivity contribution is 0.209. The Morgan fingerprint density at radius 3 is 2.94 bits per heavy atom. The van der Waals surface area contributed by atoms with Crippen LogP contribution in [0.25, 0.3) is 0 Å². The van der Waals surface area contributed by atoms with Crippen LogP contribution in [0, 0.1) is 0 Å². The SMILES string of the molecule is CCCNCCCC(C)N1CCC=C(C)C1. The van der Waals surface area contributed by atoms with E-state index in [1.165, 1.54) is 51.9 Å². The van der Waals surface area contributed by atoms with Gasteiger partial charge in [-0.1, -0.05) is 18.6 Å². The van der Waals surface area contributed by atoms with Crippen molar-refractivity contribution in [1.82, 2.24) is 10.2 Å². The third-order valence-corrected chi connectivity index (χ3v) is 3.39. The molecule has 0 saturated heterocycles. The van der Waals surface area contributed by atoms with E-state index in [-0.39, 0.29) is 0 Å². The molecular weight excluding hydrogens is 196 g/mol. The number of nitrogens with one attached hydrogen (secondary N) is 1. The zero-order valence-corrected chi connectivity index (χ0v) is 11.3. The molecule has 0 aliphatic carbocycles. The fraction of sp³-hybridized carbons (Fsp3) is 0.857. The van der Waals surface area contributed by atoms with Crippen LogP contribution in [0.3, 0.4) is 0 Å². The summed E-state index contributed by atoms with van der Waals surface area (Å²) in [5, 5.41) is 3.47. The monoisotopic (exact) mass is 224 g/mol. The summed E-state index contributed by atoms with van der Waals surface area (Å²) in [4.78, 5) is 2.62. The summed E-state index contributed by atoms with van der Waals surface area (Å²) in [6, 6.07) is 0.743. The molecule has 0 aromatic rings. The third kappa shape index (κ3) is 5.13. The smallest absolute Gasteiger partial charge is 0.0193 e. The number of hydrogen-bond acceptors (Lipinski definition) is 2. The highest BCUT2D eigenvalue weighted by Crippen LogP contribution is 2.14. The summed E-state index contributed by atoms with van der Waals surface area (Å²) in [6.45, 7) is 11.6. The van der Waals surface area contributed by atoms with E-state index in [0.717, 1.165) is 6.04 Å². The normalized spacial score (nSPS) is 19.6. The largest absolute Gasteiger partial charge is 0.317 e. The number of rotatable bonds is 7. The van der Waals surface area contributed by atoms with Gasteiger partial charge in [-0.3, -0.25) is 4.90 Å². The standard InChI is InChI=1S/C14H28N2/c1-4-9-15-10-5-8-14(3)16-11-6-7-13(2)12-16/h7,14-15H,4-6,8-12H2,1-3H3. The van der Waals surface area contributed by atoms with Gasteiger partial charge in [-0.25, -0.2) is 0 Å². The molecule has 1 heterocycles. The highest BCUT2D eigenvalue weighted by Gasteiger charge is 2.15. The summed E-state index contributed by atoms with van der Waals surface area (Å²) in [5.74, 6) is 0. The van der Waals surface area contributed by atoms with Crippen LogP contribution >= 0.6 is 0 Å². The third-order valence-electron chi connectivity index (χ3n) is 3.39. The van der Waals surface area contributed by atoms with Crippen molar-refractivity contribution in [3.63, 3.8) is 0 Å². The lowest BCUT2D eigenvalue weighted by atomic mass is 10.1. The van der Waals surface area contributed by atoms with Gasteiger partial charge in [-0.15, -0.1) is 0 Å². The summed E-state index contributed by atoms with van der Waals surface area (Å²) in [5.41, 5.74) is 1.54. The maximum Gasteiger partial charge on any atom is 0.0193 e. The fourth-order valence-corrected chi connectivity index (χ4v) is 2.32. The van der Waals surface area contributed by atoms with Gasteiger partial charge >= 0.3 is 0 Å². The van der Waals surface area contributed by atoms with Gasteiger partial charge in [-0.05, 0) is 52.6 Å². The molecule has 0 spiro atoms. The van der Waals surface area contributed by atoms with Crippen LogP contribution in [0.2, 0.25) is 0 Å². The van der Waals surface area contributed by atoms with Crippen molar-refractivity contribution in [2.24, 2.45) is 0 Å². The Morgan fingerprint density at radius 1 is 1.44 bits per heavy atom. The highest BCUT2D eigenvalue weighted by atomic mass is 15.1. The summed E-state index contributed by atoms with van der Waals surface area (Å²) >= 11 is 0. The molecular formula is C14H28N2. The Kier molecular flexibility index (Phi) is 6.74. The van der Waals surface area contributed by atoms with E-state index < -0.39 is 0 Å². The number of hydrogen-bond donors (Lipinski definition) is 1. The molecule has 1 aliphatic rings. The van der Waals surface area contributed by atoms with E-state index in [0.29, 0.717) is 0 Å². The molecule has 1 unspecified atom stereocenters. The molecule has 16 heavy (non-hydrogen) atoms. The molecule has 2 heteroatoms. The van der Waals surface area contributed by atoms with Crippen molar-refractivity contribution < 1.29 is 0 Å². The first-order valence-corrected chi connectivity index (χ1v) is 6.84. The quantitative estimate of drug-likeness (QED) is 0.528. The van der Waals surface area contributed by atoms with Crippen LogP contribution in [0.5, 0.6) is 0 Å². The summed E-state index contributed by atoms with van der Waals surface area (Å²) in [7, 11) is 0. The molecule has 1 atom stereocenters. The minimum absolute atomic E-state index is 0.743. The van der Waals surface area contributed by atoms with Crippen LogP contribution < -0.4 is 5.32 Å². The van der Waals surface area contributed by atoms with E-state index in [2.05, 4.69) is 37.1 Å². The predicted molar refractivity (Wildman–Crippen MR) is 71.8 cm³/mol. The first-order valence-electron chi connectivity index (χ1n) is 6.84. The van der Waals surface area contributed by atoms with Gasteiger partial charge in [0.25, 0.3) is 0 Å². The van der Waals surface area contributed by atoms with Crippen molar-refractivity contribution in [1.29, 1.82) is 0 Å². The Balaban J connectivity index is 2.10. The van der Waals surface area contributed by atoms with E-state index in [9.17, 15) is 0 Å². The van der Waals surface area contributed by atoms with E-state index in [4.69, 9.17) is 0 Å². The summed E-state index contributed by atoms with van der Waals surface area (Å²) < 4.78 is 0. The van der Waals surface area contributed by atoms with Crippen molar-refractivity contribution in [3.05, 3.63) is 11.6 Å². The molecule has 0 saturated carbocycles. The summed E-state index contributed by atoms with van der Waals surface area (Å²) in [6.07, 6.45) is 7.49. The van der Waals surface area contributed by atoms with Crippen molar-refractivity contribution in [2.45, 2.75) is 52.5 Å². The molecule has 0 aromatic heterocycles. The first kappa shape index (κ1) is 13.7. The number of nitrogens with zero attached hydrogens (tertiary/aromatic N) is 1. The van der Waals surface area contributed by atoms with Gasteiger partial charge in [0.15, 0.2) is 0 Å². The minimum atomic E-state index is 0.743. The molecule has 0 radical (unpaired) electrons.